The Labute approximate surface area is 194 Å². The maximum atomic E-state index is 13.7. The monoisotopic (exact) mass is 531 g/mol. The number of anilines is 1. The van der Waals surface area contributed by atoms with Crippen molar-refractivity contribution in [3.63, 3.8) is 0 Å². The van der Waals surface area contributed by atoms with Gasteiger partial charge in [-0.2, -0.15) is 0 Å². The molecule has 2 aromatic rings. The van der Waals surface area contributed by atoms with Crippen LogP contribution in [0.4, 0.5) is 14.5 Å². The van der Waals surface area contributed by atoms with Crippen LogP contribution in [0.2, 0.25) is 0 Å². The number of nitrogens with zero attached hydrogens (tertiary/aromatic N) is 2. The minimum absolute atomic E-state index is 0.0415. The zero-order valence-electron chi connectivity index (χ0n) is 17.8. The van der Waals surface area contributed by atoms with Crippen LogP contribution in [0, 0.1) is 11.6 Å². The third-order valence-corrected chi connectivity index (χ3v) is 6.32. The van der Waals surface area contributed by atoms with Crippen LogP contribution in [0.5, 0.6) is 0 Å². The number of likely N-dealkylation sites (N-methyl/N-ethyl adjacent to an activating group) is 1. The van der Waals surface area contributed by atoms with Crippen LogP contribution in [-0.4, -0.2) is 50.5 Å². The minimum atomic E-state index is -4.02. The third-order valence-electron chi connectivity index (χ3n) is 4.65. The second-order valence-corrected chi connectivity index (χ2v) is 9.91. The Morgan fingerprint density at radius 3 is 2.25 bits per heavy atom. The lowest BCUT2D eigenvalue weighted by Gasteiger charge is -2.31. The van der Waals surface area contributed by atoms with Crippen molar-refractivity contribution in [1.29, 1.82) is 0 Å². The topological polar surface area (TPSA) is 86.8 Å². The fraction of sp³-hybridized carbons (Fsp3) is 0.333. The SMILES string of the molecule is CCNC(=O)C(C)N(Cc1ccc(Br)cc1)C(=O)CN(c1ccc(F)c(F)c1)S(C)(=O)=O. The molecule has 0 aliphatic rings. The predicted octanol–water partition coefficient (Wildman–Crippen LogP) is 3.05. The lowest BCUT2D eigenvalue weighted by molar-refractivity contribution is -0.139. The molecule has 0 spiro atoms. The normalized spacial score (nSPS) is 12.2. The molecule has 0 fully saturated rings. The summed E-state index contributed by atoms with van der Waals surface area (Å²) < 4.78 is 53.2. The number of hydrogen-bond donors (Lipinski definition) is 1. The molecular formula is C21H24BrF2N3O4S. The first-order valence-corrected chi connectivity index (χ1v) is 12.3. The van der Waals surface area contributed by atoms with Gasteiger partial charge in [0.15, 0.2) is 11.6 Å². The first-order valence-electron chi connectivity index (χ1n) is 9.68. The van der Waals surface area contributed by atoms with E-state index < -0.39 is 46.1 Å². The second kappa shape index (κ2) is 10.9. The van der Waals surface area contributed by atoms with E-state index in [-0.39, 0.29) is 12.2 Å². The molecule has 174 valence electrons. The number of hydrogen-bond acceptors (Lipinski definition) is 4. The van der Waals surface area contributed by atoms with Crippen LogP contribution in [-0.2, 0) is 26.2 Å². The van der Waals surface area contributed by atoms with Crippen LogP contribution in [0.25, 0.3) is 0 Å². The van der Waals surface area contributed by atoms with E-state index in [1.165, 1.54) is 11.8 Å². The van der Waals surface area contributed by atoms with Crippen LogP contribution in [0.15, 0.2) is 46.9 Å². The zero-order chi connectivity index (χ0) is 24.1. The zero-order valence-corrected chi connectivity index (χ0v) is 20.2. The summed E-state index contributed by atoms with van der Waals surface area (Å²) in [6, 6.07) is 8.73. The van der Waals surface area contributed by atoms with E-state index in [0.29, 0.717) is 16.9 Å². The molecule has 2 amide bonds. The lowest BCUT2D eigenvalue weighted by Crippen LogP contribution is -2.51. The molecule has 0 saturated carbocycles. The molecule has 0 radical (unpaired) electrons. The van der Waals surface area contributed by atoms with Gasteiger partial charge in [-0.05, 0) is 43.7 Å². The molecule has 0 aliphatic heterocycles. The first-order chi connectivity index (χ1) is 14.9. The van der Waals surface area contributed by atoms with Gasteiger partial charge in [-0.1, -0.05) is 28.1 Å². The van der Waals surface area contributed by atoms with Crippen molar-refractivity contribution >= 4 is 43.5 Å². The average molecular weight is 532 g/mol. The number of carbonyl (C=O) groups is 2. The van der Waals surface area contributed by atoms with Gasteiger partial charge in [-0.25, -0.2) is 17.2 Å². The van der Waals surface area contributed by atoms with E-state index in [1.807, 2.05) is 0 Å². The number of sulfonamides is 1. The standard InChI is InChI=1S/C21H24BrF2N3O4S/c1-4-25-21(29)14(2)26(12-15-5-7-16(22)8-6-15)20(28)13-27(32(3,30)31)17-9-10-18(23)19(24)11-17/h5-11,14H,4,12-13H2,1-3H3,(H,25,29). The molecule has 1 atom stereocenters. The summed E-state index contributed by atoms with van der Waals surface area (Å²) in [4.78, 5) is 26.9. The van der Waals surface area contributed by atoms with E-state index in [2.05, 4.69) is 21.2 Å². The van der Waals surface area contributed by atoms with Crippen molar-refractivity contribution in [3.8, 4) is 0 Å². The maximum absolute atomic E-state index is 13.7. The van der Waals surface area contributed by atoms with Crippen molar-refractivity contribution in [2.75, 3.05) is 23.7 Å². The molecule has 2 aromatic carbocycles. The highest BCUT2D eigenvalue weighted by Crippen LogP contribution is 2.22. The highest BCUT2D eigenvalue weighted by atomic mass is 79.9. The van der Waals surface area contributed by atoms with Crippen LogP contribution in [0.3, 0.4) is 0 Å². The molecule has 0 aromatic heterocycles. The van der Waals surface area contributed by atoms with E-state index >= 15 is 0 Å². The van der Waals surface area contributed by atoms with Crippen molar-refractivity contribution in [2.45, 2.75) is 26.4 Å². The van der Waals surface area contributed by atoms with Crippen LogP contribution in [0.1, 0.15) is 19.4 Å². The summed E-state index contributed by atoms with van der Waals surface area (Å²) in [6.07, 6.45) is 0.855. The van der Waals surface area contributed by atoms with Gasteiger partial charge in [0, 0.05) is 23.6 Å². The van der Waals surface area contributed by atoms with Crippen molar-refractivity contribution in [3.05, 3.63) is 64.1 Å². The molecule has 11 heteroatoms. The van der Waals surface area contributed by atoms with Gasteiger partial charge in [0.2, 0.25) is 21.8 Å². The van der Waals surface area contributed by atoms with Gasteiger partial charge in [0.1, 0.15) is 12.6 Å². The van der Waals surface area contributed by atoms with E-state index in [0.717, 1.165) is 28.4 Å². The number of carbonyl (C=O) groups excluding carboxylic acids is 2. The highest BCUT2D eigenvalue weighted by Gasteiger charge is 2.30. The predicted molar refractivity (Wildman–Crippen MR) is 121 cm³/mol. The highest BCUT2D eigenvalue weighted by molar-refractivity contribution is 9.10. The van der Waals surface area contributed by atoms with Crippen molar-refractivity contribution < 1.29 is 26.8 Å². The summed E-state index contributed by atoms with van der Waals surface area (Å²) in [7, 11) is -4.02. The van der Waals surface area contributed by atoms with Crippen LogP contribution < -0.4 is 9.62 Å². The Morgan fingerprint density at radius 2 is 1.72 bits per heavy atom. The summed E-state index contributed by atoms with van der Waals surface area (Å²) in [5, 5.41) is 2.64. The van der Waals surface area contributed by atoms with Crippen molar-refractivity contribution in [1.82, 2.24) is 10.2 Å². The Morgan fingerprint density at radius 1 is 1.09 bits per heavy atom. The smallest absolute Gasteiger partial charge is 0.244 e. The third kappa shape index (κ3) is 6.73. The van der Waals surface area contributed by atoms with Gasteiger partial charge < -0.3 is 10.2 Å². The molecule has 0 bridgehead atoms. The Kier molecular flexibility index (Phi) is 8.73. The summed E-state index contributed by atoms with van der Waals surface area (Å²) in [5.74, 6) is -3.47. The van der Waals surface area contributed by atoms with E-state index in [9.17, 15) is 26.8 Å². The summed E-state index contributed by atoms with van der Waals surface area (Å²) >= 11 is 3.33. The molecule has 1 N–H and O–H groups in total. The Bertz CT molecular complexity index is 1080. The molecule has 7 nitrogen and oxygen atoms in total. The summed E-state index contributed by atoms with van der Waals surface area (Å²) in [6.45, 7) is 2.97. The van der Waals surface area contributed by atoms with Gasteiger partial charge in [-0.15, -0.1) is 0 Å². The molecule has 0 heterocycles. The molecule has 0 saturated heterocycles. The minimum Gasteiger partial charge on any atom is -0.355 e. The number of amides is 2. The van der Waals surface area contributed by atoms with Gasteiger partial charge in [-0.3, -0.25) is 13.9 Å². The molecule has 2 rings (SSSR count). The van der Waals surface area contributed by atoms with Crippen LogP contribution >= 0.6 is 15.9 Å². The quantitative estimate of drug-likeness (QED) is 0.538. The van der Waals surface area contributed by atoms with E-state index in [4.69, 9.17) is 0 Å². The van der Waals surface area contributed by atoms with E-state index in [1.54, 1.807) is 31.2 Å². The largest absolute Gasteiger partial charge is 0.355 e. The fourth-order valence-electron chi connectivity index (χ4n) is 2.94. The summed E-state index contributed by atoms with van der Waals surface area (Å²) in [5.41, 5.74) is 0.519. The number of rotatable bonds is 9. The van der Waals surface area contributed by atoms with Gasteiger partial charge >= 0.3 is 0 Å². The number of halogens is 3. The second-order valence-electron chi connectivity index (χ2n) is 7.09. The number of nitrogens with one attached hydrogen (secondary N) is 1. The number of benzene rings is 2. The Balaban J connectivity index is 2.39. The average Bonchev–Trinajstić information content (AvgIpc) is 2.72. The molecule has 0 aliphatic carbocycles. The molecular weight excluding hydrogens is 508 g/mol. The van der Waals surface area contributed by atoms with Gasteiger partial charge in [0.25, 0.3) is 0 Å². The maximum Gasteiger partial charge on any atom is 0.244 e. The lowest BCUT2D eigenvalue weighted by atomic mass is 10.1. The molecule has 1 unspecified atom stereocenters. The first kappa shape index (κ1) is 25.7. The molecule has 32 heavy (non-hydrogen) atoms. The fourth-order valence-corrected chi connectivity index (χ4v) is 4.05. The van der Waals surface area contributed by atoms with Gasteiger partial charge in [0.05, 0.1) is 11.9 Å². The van der Waals surface area contributed by atoms with Crippen molar-refractivity contribution in [2.24, 2.45) is 0 Å². The Hall–Kier alpha value is -2.53.